The zero-order valence-electron chi connectivity index (χ0n) is 12.5. The summed E-state index contributed by atoms with van der Waals surface area (Å²) in [4.78, 5) is 0. The first-order chi connectivity index (χ1) is 10.2. The number of hydrogen-bond donors (Lipinski definition) is 2. The van der Waals surface area contributed by atoms with E-state index in [2.05, 4.69) is 30.4 Å². The molecule has 0 aliphatic heterocycles. The van der Waals surface area contributed by atoms with Gasteiger partial charge in [-0.05, 0) is 55.0 Å². The van der Waals surface area contributed by atoms with Crippen molar-refractivity contribution in [3.05, 3.63) is 53.1 Å². The smallest absolute Gasteiger partial charge is 0.160 e. The number of benzene rings is 2. The number of ether oxygens (including phenoxy) is 1. The molecule has 1 atom stereocenters. The Balaban J connectivity index is 1.76. The van der Waals surface area contributed by atoms with Crippen LogP contribution >= 0.6 is 0 Å². The number of aromatic hydroxyl groups is 1. The fraction of sp³-hybridized carbons (Fsp3) is 0.333. The quantitative estimate of drug-likeness (QED) is 0.889. The Labute approximate surface area is 125 Å². The molecule has 2 aromatic carbocycles. The highest BCUT2D eigenvalue weighted by molar-refractivity contribution is 5.55. The van der Waals surface area contributed by atoms with E-state index in [1.165, 1.54) is 36.0 Å². The molecule has 3 nitrogen and oxygen atoms in total. The zero-order valence-corrected chi connectivity index (χ0v) is 12.5. The maximum atomic E-state index is 9.84. The molecule has 0 fully saturated rings. The summed E-state index contributed by atoms with van der Waals surface area (Å²) in [6.07, 6.45) is 3.68. The van der Waals surface area contributed by atoms with Crippen molar-refractivity contribution >= 4 is 5.69 Å². The van der Waals surface area contributed by atoms with Crippen LogP contribution in [0.5, 0.6) is 11.5 Å². The van der Waals surface area contributed by atoms with Gasteiger partial charge in [0.15, 0.2) is 11.5 Å². The molecule has 1 aliphatic rings. The van der Waals surface area contributed by atoms with Crippen molar-refractivity contribution in [1.82, 2.24) is 0 Å². The number of hydrogen-bond acceptors (Lipinski definition) is 3. The second-order valence-corrected chi connectivity index (χ2v) is 5.63. The van der Waals surface area contributed by atoms with E-state index in [1.54, 1.807) is 19.2 Å². The standard InChI is InChI=1S/C18H21NO2/c1-12(14-7-6-13-4-3-5-15(13)10-14)19-16-8-9-18(21-2)17(20)11-16/h6-12,19-20H,3-5H2,1-2H3. The van der Waals surface area contributed by atoms with Crippen molar-refractivity contribution in [3.63, 3.8) is 0 Å². The number of rotatable bonds is 4. The molecule has 0 saturated carbocycles. The molecule has 0 saturated heterocycles. The second kappa shape index (κ2) is 5.68. The van der Waals surface area contributed by atoms with Crippen molar-refractivity contribution in [3.8, 4) is 11.5 Å². The summed E-state index contributed by atoms with van der Waals surface area (Å²) >= 11 is 0. The molecule has 110 valence electrons. The maximum absolute atomic E-state index is 9.84. The lowest BCUT2D eigenvalue weighted by Crippen LogP contribution is -2.07. The Morgan fingerprint density at radius 2 is 1.90 bits per heavy atom. The number of phenolic OH excluding ortho intramolecular Hbond substituents is 1. The summed E-state index contributed by atoms with van der Waals surface area (Å²) in [6, 6.07) is 12.3. The van der Waals surface area contributed by atoms with E-state index in [1.807, 2.05) is 6.07 Å². The highest BCUT2D eigenvalue weighted by Gasteiger charge is 2.14. The number of aryl methyl sites for hydroxylation is 2. The molecule has 2 aromatic rings. The molecule has 1 unspecified atom stereocenters. The molecular formula is C18H21NO2. The summed E-state index contributed by atoms with van der Waals surface area (Å²) in [6.45, 7) is 2.14. The van der Waals surface area contributed by atoms with Crippen molar-refractivity contribution in [2.45, 2.75) is 32.2 Å². The van der Waals surface area contributed by atoms with E-state index < -0.39 is 0 Å². The number of fused-ring (bicyclic) bond motifs is 1. The molecule has 21 heavy (non-hydrogen) atoms. The van der Waals surface area contributed by atoms with Crippen LogP contribution in [0.2, 0.25) is 0 Å². The lowest BCUT2D eigenvalue weighted by atomic mass is 10.0. The van der Waals surface area contributed by atoms with Gasteiger partial charge in [0.05, 0.1) is 7.11 Å². The van der Waals surface area contributed by atoms with Gasteiger partial charge in [0.1, 0.15) is 0 Å². The predicted octanol–water partition coefficient (Wildman–Crippen LogP) is 4.06. The van der Waals surface area contributed by atoms with Gasteiger partial charge in [-0.15, -0.1) is 0 Å². The SMILES string of the molecule is COc1ccc(NC(C)c2ccc3c(c2)CCC3)cc1O. The molecule has 0 heterocycles. The first kappa shape index (κ1) is 13.8. The third-order valence-corrected chi connectivity index (χ3v) is 4.18. The van der Waals surface area contributed by atoms with E-state index in [9.17, 15) is 5.11 Å². The van der Waals surface area contributed by atoms with Gasteiger partial charge in [-0.2, -0.15) is 0 Å². The number of methoxy groups -OCH3 is 1. The summed E-state index contributed by atoms with van der Waals surface area (Å²) in [5.41, 5.74) is 5.15. The van der Waals surface area contributed by atoms with Crippen LogP contribution in [0.4, 0.5) is 5.69 Å². The molecule has 0 amide bonds. The Bertz CT molecular complexity index is 652. The van der Waals surface area contributed by atoms with E-state index in [4.69, 9.17) is 4.74 Å². The minimum Gasteiger partial charge on any atom is -0.504 e. The molecule has 0 aromatic heterocycles. The van der Waals surface area contributed by atoms with Crippen molar-refractivity contribution in [2.75, 3.05) is 12.4 Å². The monoisotopic (exact) mass is 283 g/mol. The first-order valence-electron chi connectivity index (χ1n) is 7.42. The van der Waals surface area contributed by atoms with Gasteiger partial charge in [0.25, 0.3) is 0 Å². The minimum atomic E-state index is 0.156. The van der Waals surface area contributed by atoms with Gasteiger partial charge in [-0.25, -0.2) is 0 Å². The average Bonchev–Trinajstić information content (AvgIpc) is 2.94. The Morgan fingerprint density at radius 3 is 2.67 bits per heavy atom. The third kappa shape index (κ3) is 2.82. The second-order valence-electron chi connectivity index (χ2n) is 5.63. The van der Waals surface area contributed by atoms with Gasteiger partial charge in [0.2, 0.25) is 0 Å². The highest BCUT2D eigenvalue weighted by Crippen LogP contribution is 2.31. The van der Waals surface area contributed by atoms with Crippen LogP contribution < -0.4 is 10.1 Å². The molecule has 0 bridgehead atoms. The molecule has 1 aliphatic carbocycles. The summed E-state index contributed by atoms with van der Waals surface area (Å²) in [5.74, 6) is 0.648. The van der Waals surface area contributed by atoms with Crippen LogP contribution in [0, 0.1) is 0 Å². The van der Waals surface area contributed by atoms with Crippen LogP contribution in [-0.4, -0.2) is 12.2 Å². The van der Waals surface area contributed by atoms with Gasteiger partial charge in [0, 0.05) is 17.8 Å². The molecule has 0 spiro atoms. The van der Waals surface area contributed by atoms with Crippen LogP contribution in [-0.2, 0) is 12.8 Å². The van der Waals surface area contributed by atoms with Crippen LogP contribution in [0.25, 0.3) is 0 Å². The van der Waals surface area contributed by atoms with E-state index in [0.29, 0.717) is 5.75 Å². The number of anilines is 1. The van der Waals surface area contributed by atoms with Gasteiger partial charge in [-0.1, -0.05) is 18.2 Å². The third-order valence-electron chi connectivity index (χ3n) is 4.18. The van der Waals surface area contributed by atoms with Gasteiger partial charge < -0.3 is 15.2 Å². The van der Waals surface area contributed by atoms with Crippen molar-refractivity contribution in [2.24, 2.45) is 0 Å². The first-order valence-corrected chi connectivity index (χ1v) is 7.42. The van der Waals surface area contributed by atoms with E-state index in [-0.39, 0.29) is 11.8 Å². The molecule has 3 heteroatoms. The molecule has 2 N–H and O–H groups in total. The summed E-state index contributed by atoms with van der Waals surface area (Å²) in [7, 11) is 1.55. The largest absolute Gasteiger partial charge is 0.504 e. The van der Waals surface area contributed by atoms with Gasteiger partial charge >= 0.3 is 0 Å². The number of phenols is 1. The fourth-order valence-corrected chi connectivity index (χ4v) is 2.97. The molecular weight excluding hydrogens is 262 g/mol. The summed E-state index contributed by atoms with van der Waals surface area (Å²) < 4.78 is 5.06. The normalized spacial score (nSPS) is 14.6. The predicted molar refractivity (Wildman–Crippen MR) is 85.2 cm³/mol. The Kier molecular flexibility index (Phi) is 3.74. The highest BCUT2D eigenvalue weighted by atomic mass is 16.5. The zero-order chi connectivity index (χ0) is 14.8. The average molecular weight is 283 g/mol. The van der Waals surface area contributed by atoms with Crippen molar-refractivity contribution in [1.29, 1.82) is 0 Å². The van der Waals surface area contributed by atoms with Crippen LogP contribution in [0.1, 0.15) is 36.1 Å². The Hall–Kier alpha value is -2.16. The molecule has 0 radical (unpaired) electrons. The molecule has 3 rings (SSSR count). The van der Waals surface area contributed by atoms with Crippen LogP contribution in [0.3, 0.4) is 0 Å². The van der Waals surface area contributed by atoms with Gasteiger partial charge in [-0.3, -0.25) is 0 Å². The lowest BCUT2D eigenvalue weighted by Gasteiger charge is -2.17. The number of nitrogens with one attached hydrogen (secondary N) is 1. The maximum Gasteiger partial charge on any atom is 0.160 e. The topological polar surface area (TPSA) is 41.5 Å². The van der Waals surface area contributed by atoms with Crippen LogP contribution in [0.15, 0.2) is 36.4 Å². The fourth-order valence-electron chi connectivity index (χ4n) is 2.97. The van der Waals surface area contributed by atoms with E-state index >= 15 is 0 Å². The summed E-state index contributed by atoms with van der Waals surface area (Å²) in [5, 5.41) is 13.3. The minimum absolute atomic E-state index is 0.156. The Morgan fingerprint density at radius 1 is 1.10 bits per heavy atom. The van der Waals surface area contributed by atoms with Crippen molar-refractivity contribution < 1.29 is 9.84 Å². The van der Waals surface area contributed by atoms with E-state index in [0.717, 1.165) is 5.69 Å². The lowest BCUT2D eigenvalue weighted by molar-refractivity contribution is 0.373.